The lowest BCUT2D eigenvalue weighted by Gasteiger charge is -2.17. The van der Waals surface area contributed by atoms with Crippen molar-refractivity contribution in [1.29, 1.82) is 0 Å². The molecule has 3 N–H and O–H groups in total. The van der Waals surface area contributed by atoms with Gasteiger partial charge in [-0.05, 0) is 50.1 Å². The Morgan fingerprint density at radius 2 is 2.15 bits per heavy atom. The number of rotatable bonds is 7. The molecule has 1 aliphatic rings. The van der Waals surface area contributed by atoms with Crippen molar-refractivity contribution in [3.8, 4) is 5.75 Å². The molecular formula is C19H31IN4O2S. The van der Waals surface area contributed by atoms with Crippen LogP contribution in [-0.4, -0.2) is 43.1 Å². The topological polar surface area (TPSA) is 74.8 Å². The lowest BCUT2D eigenvalue weighted by molar-refractivity contribution is -0.114. The summed E-state index contributed by atoms with van der Waals surface area (Å²) in [4.78, 5) is 16.1. The Labute approximate surface area is 183 Å². The number of benzene rings is 1. The number of hydrogen-bond acceptors (Lipinski definition) is 4. The first-order chi connectivity index (χ1) is 12.5. The van der Waals surface area contributed by atoms with Crippen molar-refractivity contribution in [1.82, 2.24) is 10.6 Å². The highest BCUT2D eigenvalue weighted by atomic mass is 127. The maximum absolute atomic E-state index is 11.4. The highest BCUT2D eigenvalue weighted by molar-refractivity contribution is 14.0. The number of halogens is 1. The van der Waals surface area contributed by atoms with Gasteiger partial charge in [-0.3, -0.25) is 4.79 Å². The van der Waals surface area contributed by atoms with Crippen LogP contribution in [0.15, 0.2) is 23.2 Å². The third kappa shape index (κ3) is 7.77. The molecule has 1 aromatic carbocycles. The van der Waals surface area contributed by atoms with Gasteiger partial charge in [-0.25, -0.2) is 4.99 Å². The second-order valence-electron chi connectivity index (χ2n) is 6.42. The summed E-state index contributed by atoms with van der Waals surface area (Å²) in [6.45, 7) is 4.91. The van der Waals surface area contributed by atoms with Crippen LogP contribution in [0.25, 0.3) is 0 Å². The molecule has 1 fully saturated rings. The van der Waals surface area contributed by atoms with Crippen LogP contribution in [0.4, 0.5) is 5.69 Å². The van der Waals surface area contributed by atoms with E-state index in [1.165, 1.54) is 26.2 Å². The molecular weight excluding hydrogens is 475 g/mol. The Balaban J connectivity index is 0.00000364. The Kier molecular flexibility index (Phi) is 10.9. The van der Waals surface area contributed by atoms with Gasteiger partial charge in [-0.2, -0.15) is 11.8 Å². The number of methoxy groups -OCH3 is 1. The zero-order chi connectivity index (χ0) is 18.9. The monoisotopic (exact) mass is 506 g/mol. The number of amides is 1. The highest BCUT2D eigenvalue weighted by Gasteiger charge is 2.24. The average Bonchev–Trinajstić information content (AvgIpc) is 3.07. The molecule has 0 heterocycles. The molecule has 0 saturated heterocycles. The molecule has 1 aliphatic carbocycles. The van der Waals surface area contributed by atoms with Crippen molar-refractivity contribution < 1.29 is 9.53 Å². The number of nitrogens with zero attached hydrogens (tertiary/aromatic N) is 1. The second kappa shape index (κ2) is 12.3. The number of hydrogen-bond donors (Lipinski definition) is 3. The molecule has 2 rings (SSSR count). The van der Waals surface area contributed by atoms with E-state index in [-0.39, 0.29) is 29.9 Å². The molecule has 152 valence electrons. The average molecular weight is 506 g/mol. The molecule has 2 atom stereocenters. The van der Waals surface area contributed by atoms with E-state index in [9.17, 15) is 4.79 Å². The van der Waals surface area contributed by atoms with Crippen molar-refractivity contribution in [3.63, 3.8) is 0 Å². The minimum Gasteiger partial charge on any atom is -0.495 e. The van der Waals surface area contributed by atoms with E-state index in [1.54, 1.807) is 7.11 Å². The molecule has 1 amide bonds. The molecule has 0 spiro atoms. The SMILES string of the molecule is CCNC(=NCc1ccc(OC)c(NC(C)=O)c1)NC1CCC(SC)C1.I. The van der Waals surface area contributed by atoms with Crippen LogP contribution in [0.3, 0.4) is 0 Å². The van der Waals surface area contributed by atoms with Crippen molar-refractivity contribution in [2.45, 2.75) is 50.9 Å². The van der Waals surface area contributed by atoms with Crippen molar-refractivity contribution >= 4 is 53.3 Å². The number of nitrogens with one attached hydrogen (secondary N) is 3. The summed E-state index contributed by atoms with van der Waals surface area (Å²) in [5.41, 5.74) is 1.68. The number of anilines is 1. The fourth-order valence-corrected chi connectivity index (χ4v) is 3.91. The van der Waals surface area contributed by atoms with Gasteiger partial charge in [-0.1, -0.05) is 6.07 Å². The van der Waals surface area contributed by atoms with Crippen LogP contribution in [0, 0.1) is 0 Å². The zero-order valence-corrected chi connectivity index (χ0v) is 19.6. The lowest BCUT2D eigenvalue weighted by atomic mass is 10.2. The molecule has 1 saturated carbocycles. The number of ether oxygens (including phenoxy) is 1. The van der Waals surface area contributed by atoms with Crippen molar-refractivity contribution in [2.24, 2.45) is 4.99 Å². The van der Waals surface area contributed by atoms with Gasteiger partial charge in [0.05, 0.1) is 19.3 Å². The summed E-state index contributed by atoms with van der Waals surface area (Å²) in [6, 6.07) is 6.22. The number of aliphatic imine (C=N–C) groups is 1. The Bertz CT molecular complexity index is 642. The molecule has 6 nitrogen and oxygen atoms in total. The predicted octanol–water partition coefficient (Wildman–Crippen LogP) is 3.61. The number of guanidine groups is 1. The highest BCUT2D eigenvalue weighted by Crippen LogP contribution is 2.28. The molecule has 27 heavy (non-hydrogen) atoms. The van der Waals surface area contributed by atoms with Crippen molar-refractivity contribution in [2.75, 3.05) is 25.2 Å². The predicted molar refractivity (Wildman–Crippen MR) is 126 cm³/mol. The first kappa shape index (κ1) is 23.9. The van der Waals surface area contributed by atoms with Gasteiger partial charge in [-0.15, -0.1) is 24.0 Å². The minimum absolute atomic E-state index is 0. The Morgan fingerprint density at radius 3 is 2.74 bits per heavy atom. The van der Waals surface area contributed by atoms with E-state index in [2.05, 4.69) is 29.1 Å². The Morgan fingerprint density at radius 1 is 1.37 bits per heavy atom. The second-order valence-corrected chi connectivity index (χ2v) is 7.56. The van der Waals surface area contributed by atoms with Crippen LogP contribution < -0.4 is 20.7 Å². The van der Waals surface area contributed by atoms with Gasteiger partial charge in [0.1, 0.15) is 5.75 Å². The summed E-state index contributed by atoms with van der Waals surface area (Å²) in [7, 11) is 1.59. The van der Waals surface area contributed by atoms with E-state index < -0.39 is 0 Å². The first-order valence-electron chi connectivity index (χ1n) is 9.07. The zero-order valence-electron chi connectivity index (χ0n) is 16.5. The first-order valence-corrected chi connectivity index (χ1v) is 10.4. The van der Waals surface area contributed by atoms with Gasteiger partial charge < -0.3 is 20.7 Å². The summed E-state index contributed by atoms with van der Waals surface area (Å²) in [5, 5.41) is 10.4. The van der Waals surface area contributed by atoms with E-state index in [0.717, 1.165) is 23.3 Å². The fraction of sp³-hybridized carbons (Fsp3) is 0.579. The summed E-state index contributed by atoms with van der Waals surface area (Å²) >= 11 is 1.95. The van der Waals surface area contributed by atoms with Crippen LogP contribution >= 0.6 is 35.7 Å². The smallest absolute Gasteiger partial charge is 0.221 e. The summed E-state index contributed by atoms with van der Waals surface area (Å²) in [5.74, 6) is 1.37. The quantitative estimate of drug-likeness (QED) is 0.300. The summed E-state index contributed by atoms with van der Waals surface area (Å²) in [6.07, 6.45) is 5.81. The van der Waals surface area contributed by atoms with Crippen LogP contribution in [0.5, 0.6) is 5.75 Å². The molecule has 8 heteroatoms. The Hall–Kier alpha value is -1.16. The van der Waals surface area contributed by atoms with E-state index >= 15 is 0 Å². The summed E-state index contributed by atoms with van der Waals surface area (Å²) < 4.78 is 5.30. The molecule has 2 unspecified atom stereocenters. The van der Waals surface area contributed by atoms with Gasteiger partial charge in [0.2, 0.25) is 5.91 Å². The maximum Gasteiger partial charge on any atom is 0.221 e. The minimum atomic E-state index is -0.122. The standard InChI is InChI=1S/C19H30N4O2S.HI/c1-5-20-19(23-15-7-8-16(11-15)26-4)21-12-14-6-9-18(25-3)17(10-14)22-13(2)24;/h6,9-10,15-16H,5,7-8,11-12H2,1-4H3,(H,22,24)(H2,20,21,23);1H. The van der Waals surface area contributed by atoms with Crippen LogP contribution in [-0.2, 0) is 11.3 Å². The number of carbonyl (C=O) groups is 1. The van der Waals surface area contributed by atoms with E-state index in [1.807, 2.05) is 30.0 Å². The largest absolute Gasteiger partial charge is 0.495 e. The third-order valence-corrected chi connectivity index (χ3v) is 5.49. The molecule has 1 aromatic rings. The van der Waals surface area contributed by atoms with Crippen LogP contribution in [0.1, 0.15) is 38.7 Å². The molecule has 0 bridgehead atoms. The van der Waals surface area contributed by atoms with E-state index in [0.29, 0.717) is 24.0 Å². The van der Waals surface area contributed by atoms with Gasteiger partial charge in [0.25, 0.3) is 0 Å². The van der Waals surface area contributed by atoms with Gasteiger partial charge in [0, 0.05) is 24.8 Å². The maximum atomic E-state index is 11.4. The molecule has 0 aliphatic heterocycles. The number of carbonyl (C=O) groups excluding carboxylic acids is 1. The van der Waals surface area contributed by atoms with Crippen LogP contribution in [0.2, 0.25) is 0 Å². The fourth-order valence-electron chi connectivity index (χ4n) is 3.11. The van der Waals surface area contributed by atoms with Gasteiger partial charge in [0.15, 0.2) is 5.96 Å². The van der Waals surface area contributed by atoms with Gasteiger partial charge >= 0.3 is 0 Å². The van der Waals surface area contributed by atoms with E-state index in [4.69, 9.17) is 9.73 Å². The molecule has 0 aromatic heterocycles. The molecule has 0 radical (unpaired) electrons. The lowest BCUT2D eigenvalue weighted by Crippen LogP contribution is -2.42. The normalized spacial score (nSPS) is 19.2. The van der Waals surface area contributed by atoms with Crippen molar-refractivity contribution in [3.05, 3.63) is 23.8 Å². The number of thioether (sulfide) groups is 1. The third-order valence-electron chi connectivity index (χ3n) is 4.40.